The number of nitriles is 1. The fourth-order valence-electron chi connectivity index (χ4n) is 2.62. The van der Waals surface area contributed by atoms with Crippen LogP contribution in [-0.4, -0.2) is 41.6 Å². The molecule has 0 aromatic heterocycles. The summed E-state index contributed by atoms with van der Waals surface area (Å²) < 4.78 is 5.72. The predicted molar refractivity (Wildman–Crippen MR) is 84.2 cm³/mol. The molecule has 1 heterocycles. The third-order valence-corrected chi connectivity index (χ3v) is 4.61. The Morgan fingerprint density at radius 3 is 2.70 bits per heavy atom. The minimum Gasteiger partial charge on any atom is -0.492 e. The number of benzene rings is 1. The zero-order valence-corrected chi connectivity index (χ0v) is 13.0. The molecule has 2 rings (SSSR count). The van der Waals surface area contributed by atoms with Gasteiger partial charge in [-0.2, -0.15) is 17.0 Å². The lowest BCUT2D eigenvalue weighted by Crippen LogP contribution is -2.41. The lowest BCUT2D eigenvalue weighted by atomic mass is 10.2. The second-order valence-electron chi connectivity index (χ2n) is 5.33. The van der Waals surface area contributed by atoms with Crippen LogP contribution in [0.3, 0.4) is 0 Å². The highest BCUT2D eigenvalue weighted by Gasteiger charge is 2.21. The maximum absolute atomic E-state index is 9.00. The van der Waals surface area contributed by atoms with E-state index < -0.39 is 0 Å². The predicted octanol–water partition coefficient (Wildman–Crippen LogP) is 3.15. The molecule has 108 valence electrons. The van der Waals surface area contributed by atoms with E-state index in [1.165, 1.54) is 13.1 Å². The molecule has 20 heavy (non-hydrogen) atoms. The Morgan fingerprint density at radius 2 is 2.00 bits per heavy atom. The van der Waals surface area contributed by atoms with E-state index in [1.54, 1.807) is 6.07 Å². The fraction of sp³-hybridized carbons (Fsp3) is 0.562. The van der Waals surface area contributed by atoms with Crippen molar-refractivity contribution in [3.8, 4) is 11.8 Å². The summed E-state index contributed by atoms with van der Waals surface area (Å²) in [7, 11) is 0. The van der Waals surface area contributed by atoms with Crippen molar-refractivity contribution in [2.45, 2.75) is 30.8 Å². The van der Waals surface area contributed by atoms with Crippen molar-refractivity contribution in [1.29, 1.82) is 5.26 Å². The number of ether oxygens (including phenoxy) is 1. The number of thioether (sulfide) groups is 1. The van der Waals surface area contributed by atoms with Crippen molar-refractivity contribution in [3.63, 3.8) is 0 Å². The molecule has 4 heteroatoms. The van der Waals surface area contributed by atoms with Crippen molar-refractivity contribution in [2.75, 3.05) is 26.2 Å². The molecule has 0 N–H and O–H groups in total. The van der Waals surface area contributed by atoms with E-state index >= 15 is 0 Å². The molecule has 1 saturated heterocycles. The van der Waals surface area contributed by atoms with Crippen molar-refractivity contribution < 1.29 is 4.74 Å². The van der Waals surface area contributed by atoms with E-state index in [0.29, 0.717) is 17.9 Å². The van der Waals surface area contributed by atoms with E-state index in [2.05, 4.69) is 36.6 Å². The highest BCUT2D eigenvalue weighted by Crippen LogP contribution is 2.24. The number of nitrogens with zero attached hydrogens (tertiary/aromatic N) is 2. The molecule has 0 bridgehead atoms. The molecule has 2 atom stereocenters. The minimum atomic E-state index is 0.615. The Morgan fingerprint density at radius 1 is 1.30 bits per heavy atom. The van der Waals surface area contributed by atoms with Gasteiger partial charge in [0.05, 0.1) is 12.2 Å². The monoisotopic (exact) mass is 290 g/mol. The molecule has 0 amide bonds. The third-order valence-electron chi connectivity index (χ3n) is 3.38. The Hall–Kier alpha value is -1.18. The molecule has 0 radical (unpaired) electrons. The van der Waals surface area contributed by atoms with Crippen LogP contribution in [0, 0.1) is 11.3 Å². The number of para-hydroxylation sites is 1. The molecule has 1 aliphatic heterocycles. The van der Waals surface area contributed by atoms with Crippen LogP contribution in [0.5, 0.6) is 5.75 Å². The van der Waals surface area contributed by atoms with Crippen LogP contribution in [-0.2, 0) is 0 Å². The van der Waals surface area contributed by atoms with Gasteiger partial charge in [0.2, 0.25) is 0 Å². The van der Waals surface area contributed by atoms with Crippen LogP contribution in [0.25, 0.3) is 0 Å². The number of rotatable bonds is 5. The molecule has 0 spiro atoms. The molecule has 0 aliphatic carbocycles. The molecule has 2 unspecified atom stereocenters. The maximum Gasteiger partial charge on any atom is 0.137 e. The number of hydrogen-bond donors (Lipinski definition) is 0. The molecular formula is C16H22N2OS. The Balaban J connectivity index is 1.73. The van der Waals surface area contributed by atoms with Gasteiger partial charge in [0.1, 0.15) is 11.8 Å². The minimum absolute atomic E-state index is 0.615. The lowest BCUT2D eigenvalue weighted by molar-refractivity contribution is 0.232. The number of hydrogen-bond acceptors (Lipinski definition) is 4. The van der Waals surface area contributed by atoms with Gasteiger partial charge >= 0.3 is 0 Å². The van der Waals surface area contributed by atoms with Crippen LogP contribution >= 0.6 is 11.8 Å². The van der Waals surface area contributed by atoms with Crippen molar-refractivity contribution in [1.82, 2.24) is 4.90 Å². The van der Waals surface area contributed by atoms with Crippen LogP contribution in [0.4, 0.5) is 0 Å². The molecule has 0 saturated carbocycles. The van der Waals surface area contributed by atoms with Gasteiger partial charge in [0.25, 0.3) is 0 Å². The first kappa shape index (κ1) is 15.2. The smallest absolute Gasteiger partial charge is 0.137 e. The Bertz CT molecular complexity index is 462. The molecule has 3 nitrogen and oxygen atoms in total. The first-order chi connectivity index (χ1) is 9.69. The zero-order chi connectivity index (χ0) is 14.4. The summed E-state index contributed by atoms with van der Waals surface area (Å²) in [5.41, 5.74) is 0.615. The van der Waals surface area contributed by atoms with Gasteiger partial charge in [0.15, 0.2) is 0 Å². The van der Waals surface area contributed by atoms with Crippen molar-refractivity contribution >= 4 is 11.8 Å². The summed E-state index contributed by atoms with van der Waals surface area (Å²) in [6.07, 6.45) is 1.00. The normalized spacial score (nSPS) is 23.2. The molecule has 1 aliphatic rings. The first-order valence-corrected chi connectivity index (χ1v) is 8.13. The summed E-state index contributed by atoms with van der Waals surface area (Å²) in [5.74, 6) is 0.700. The van der Waals surface area contributed by atoms with E-state index in [0.717, 1.165) is 23.5 Å². The fourth-order valence-corrected chi connectivity index (χ4v) is 4.01. The highest BCUT2D eigenvalue weighted by molar-refractivity contribution is 8.00. The first-order valence-electron chi connectivity index (χ1n) is 7.19. The third kappa shape index (κ3) is 4.43. The Labute approximate surface area is 125 Å². The average molecular weight is 290 g/mol. The summed E-state index contributed by atoms with van der Waals surface area (Å²) in [6.45, 7) is 8.68. The van der Waals surface area contributed by atoms with Gasteiger partial charge in [-0.3, -0.25) is 0 Å². The van der Waals surface area contributed by atoms with E-state index in [1.807, 2.05) is 18.2 Å². The van der Waals surface area contributed by atoms with Crippen molar-refractivity contribution in [3.05, 3.63) is 29.8 Å². The Kier molecular flexibility index (Phi) is 5.75. The van der Waals surface area contributed by atoms with Gasteiger partial charge < -0.3 is 9.64 Å². The van der Waals surface area contributed by atoms with E-state index in [4.69, 9.17) is 10.00 Å². The van der Waals surface area contributed by atoms with Gasteiger partial charge in [-0.05, 0) is 18.6 Å². The van der Waals surface area contributed by atoms with Crippen LogP contribution < -0.4 is 4.74 Å². The largest absolute Gasteiger partial charge is 0.492 e. The molecular weight excluding hydrogens is 268 g/mol. The van der Waals surface area contributed by atoms with Crippen LogP contribution in [0.2, 0.25) is 0 Å². The average Bonchev–Trinajstić information content (AvgIpc) is 2.43. The quantitative estimate of drug-likeness (QED) is 0.781. The zero-order valence-electron chi connectivity index (χ0n) is 12.2. The maximum atomic E-state index is 9.00. The topological polar surface area (TPSA) is 36.3 Å². The highest BCUT2D eigenvalue weighted by atomic mass is 32.2. The van der Waals surface area contributed by atoms with Gasteiger partial charge in [-0.15, -0.1) is 0 Å². The lowest BCUT2D eigenvalue weighted by Gasteiger charge is -2.34. The molecule has 1 fully saturated rings. The van der Waals surface area contributed by atoms with E-state index in [-0.39, 0.29) is 0 Å². The standard InChI is InChI=1S/C16H22N2OS/c1-13-11-18(12-14(2)20-13)8-5-9-19-16-7-4-3-6-15(16)10-17/h3-4,6-7,13-14H,5,8-9,11-12H2,1-2H3. The second-order valence-corrected chi connectivity index (χ2v) is 7.21. The van der Waals surface area contributed by atoms with Crippen LogP contribution in [0.15, 0.2) is 24.3 Å². The van der Waals surface area contributed by atoms with Gasteiger partial charge in [0, 0.05) is 30.1 Å². The summed E-state index contributed by atoms with van der Waals surface area (Å²) in [6, 6.07) is 9.58. The van der Waals surface area contributed by atoms with Crippen LogP contribution in [0.1, 0.15) is 25.8 Å². The molecule has 1 aromatic rings. The van der Waals surface area contributed by atoms with Gasteiger partial charge in [-0.25, -0.2) is 0 Å². The van der Waals surface area contributed by atoms with E-state index in [9.17, 15) is 0 Å². The van der Waals surface area contributed by atoms with Crippen molar-refractivity contribution in [2.24, 2.45) is 0 Å². The van der Waals surface area contributed by atoms with Gasteiger partial charge in [-0.1, -0.05) is 26.0 Å². The summed E-state index contributed by atoms with van der Waals surface area (Å²) >= 11 is 2.08. The molecule has 1 aromatic carbocycles. The second kappa shape index (κ2) is 7.56. The summed E-state index contributed by atoms with van der Waals surface area (Å²) in [4.78, 5) is 2.52. The SMILES string of the molecule is CC1CN(CCCOc2ccccc2C#N)CC(C)S1. The summed E-state index contributed by atoms with van der Waals surface area (Å²) in [5, 5.41) is 10.4.